The lowest BCUT2D eigenvalue weighted by Gasteiger charge is -2.13. The minimum absolute atomic E-state index is 0.119. The van der Waals surface area contributed by atoms with E-state index < -0.39 is 0 Å². The lowest BCUT2D eigenvalue weighted by Crippen LogP contribution is -2.14. The van der Waals surface area contributed by atoms with Gasteiger partial charge in [0.25, 0.3) is 5.91 Å². The Morgan fingerprint density at radius 3 is 2.53 bits per heavy atom. The standard InChI is InChI=1S/C30H23Br2N3O2S/c31-24-14-19(15-25(32)28(24)37-18-21-9-5-4-8-20(21)16-33)17-34-30-27(23-12-6-7-13-26(23)38-30)29(36)35-22-10-2-1-3-11-22/h1-5,8-11,14-15,17H,6-7,12-13,18H2,(H,35,36). The van der Waals surface area contributed by atoms with E-state index in [1.807, 2.05) is 60.7 Å². The molecule has 0 saturated heterocycles. The summed E-state index contributed by atoms with van der Waals surface area (Å²) in [5, 5.41) is 13.1. The van der Waals surface area contributed by atoms with Crippen molar-refractivity contribution in [3.63, 3.8) is 0 Å². The summed E-state index contributed by atoms with van der Waals surface area (Å²) in [6.07, 6.45) is 5.88. The number of halogens is 2. The van der Waals surface area contributed by atoms with E-state index in [1.54, 1.807) is 23.6 Å². The van der Waals surface area contributed by atoms with Gasteiger partial charge in [0.05, 0.1) is 26.1 Å². The van der Waals surface area contributed by atoms with Crippen molar-refractivity contribution in [2.45, 2.75) is 32.3 Å². The van der Waals surface area contributed by atoms with Crippen LogP contribution in [0, 0.1) is 11.3 Å². The van der Waals surface area contributed by atoms with Crippen molar-refractivity contribution in [2.24, 2.45) is 4.99 Å². The molecule has 1 heterocycles. The molecule has 0 saturated carbocycles. The van der Waals surface area contributed by atoms with Crippen molar-refractivity contribution in [1.82, 2.24) is 0 Å². The number of rotatable bonds is 7. The molecule has 38 heavy (non-hydrogen) atoms. The number of amides is 1. The summed E-state index contributed by atoms with van der Waals surface area (Å²) >= 11 is 8.83. The molecular weight excluding hydrogens is 626 g/mol. The summed E-state index contributed by atoms with van der Waals surface area (Å²) in [5.74, 6) is 0.524. The third-order valence-electron chi connectivity index (χ3n) is 6.27. The van der Waals surface area contributed by atoms with Crippen molar-refractivity contribution in [1.29, 1.82) is 5.26 Å². The number of aliphatic imine (C=N–C) groups is 1. The number of ether oxygens (including phenoxy) is 1. The molecule has 1 N–H and O–H groups in total. The first-order valence-electron chi connectivity index (χ1n) is 12.2. The minimum Gasteiger partial charge on any atom is -0.486 e. The van der Waals surface area contributed by atoms with Gasteiger partial charge in [-0.1, -0.05) is 36.4 Å². The Balaban J connectivity index is 1.39. The van der Waals surface area contributed by atoms with Crippen LogP contribution < -0.4 is 10.1 Å². The minimum atomic E-state index is -0.119. The second kappa shape index (κ2) is 12.1. The van der Waals surface area contributed by atoms with Gasteiger partial charge in [-0.25, -0.2) is 4.99 Å². The van der Waals surface area contributed by atoms with Gasteiger partial charge in [0.2, 0.25) is 0 Å². The lowest BCUT2D eigenvalue weighted by atomic mass is 9.95. The molecule has 0 aliphatic heterocycles. The number of hydrogen-bond donors (Lipinski definition) is 1. The van der Waals surface area contributed by atoms with Crippen molar-refractivity contribution < 1.29 is 9.53 Å². The molecule has 0 atom stereocenters. The number of nitriles is 1. The molecule has 3 aromatic carbocycles. The van der Waals surface area contributed by atoms with Crippen LogP contribution in [0.1, 0.15) is 50.3 Å². The molecule has 0 radical (unpaired) electrons. The van der Waals surface area contributed by atoms with Crippen molar-refractivity contribution in [2.75, 3.05) is 5.32 Å². The van der Waals surface area contributed by atoms with Crippen LogP contribution in [0.4, 0.5) is 10.7 Å². The fourth-order valence-corrected chi connectivity index (χ4v) is 7.10. The van der Waals surface area contributed by atoms with Crippen LogP contribution in [0.15, 0.2) is 80.7 Å². The van der Waals surface area contributed by atoms with Gasteiger partial charge in [-0.2, -0.15) is 5.26 Å². The van der Waals surface area contributed by atoms with E-state index in [-0.39, 0.29) is 12.5 Å². The van der Waals surface area contributed by atoms with Gasteiger partial charge in [-0.15, -0.1) is 11.3 Å². The Morgan fingerprint density at radius 2 is 1.76 bits per heavy atom. The maximum Gasteiger partial charge on any atom is 0.259 e. The Hall–Kier alpha value is -3.25. The molecule has 0 fully saturated rings. The second-order valence-corrected chi connectivity index (χ2v) is 11.6. The van der Waals surface area contributed by atoms with Crippen LogP contribution in [0.3, 0.4) is 0 Å². The average molecular weight is 649 g/mol. The largest absolute Gasteiger partial charge is 0.486 e. The molecule has 0 unspecified atom stereocenters. The summed E-state index contributed by atoms with van der Waals surface area (Å²) in [6.45, 7) is 0.273. The number of aryl methyl sites for hydroxylation is 1. The smallest absolute Gasteiger partial charge is 0.259 e. The molecule has 1 amide bonds. The Kier molecular flexibility index (Phi) is 8.38. The number of fused-ring (bicyclic) bond motifs is 1. The maximum absolute atomic E-state index is 13.3. The topological polar surface area (TPSA) is 74.5 Å². The molecule has 1 aliphatic carbocycles. The first-order valence-corrected chi connectivity index (χ1v) is 14.6. The van der Waals surface area contributed by atoms with Gasteiger partial charge in [0.15, 0.2) is 0 Å². The highest BCUT2D eigenvalue weighted by atomic mass is 79.9. The Labute approximate surface area is 242 Å². The van der Waals surface area contributed by atoms with Gasteiger partial charge in [-0.05, 0) is 99.0 Å². The van der Waals surface area contributed by atoms with Gasteiger partial charge in [-0.3, -0.25) is 4.79 Å². The summed E-state index contributed by atoms with van der Waals surface area (Å²) in [5.41, 5.74) is 4.85. The van der Waals surface area contributed by atoms with Gasteiger partial charge in [0.1, 0.15) is 17.4 Å². The van der Waals surface area contributed by atoms with Gasteiger partial charge in [0, 0.05) is 22.3 Å². The van der Waals surface area contributed by atoms with Crippen molar-refractivity contribution >= 4 is 66.0 Å². The maximum atomic E-state index is 13.3. The number of hydrogen-bond acceptors (Lipinski definition) is 5. The number of para-hydroxylation sites is 1. The number of benzene rings is 3. The molecule has 0 bridgehead atoms. The summed E-state index contributed by atoms with van der Waals surface area (Å²) in [4.78, 5) is 19.4. The Morgan fingerprint density at radius 1 is 1.05 bits per heavy atom. The molecule has 5 nitrogen and oxygen atoms in total. The first-order chi connectivity index (χ1) is 18.5. The third kappa shape index (κ3) is 5.91. The monoisotopic (exact) mass is 647 g/mol. The molecule has 0 spiro atoms. The van der Waals surface area contributed by atoms with Crippen LogP contribution in [0.2, 0.25) is 0 Å². The highest BCUT2D eigenvalue weighted by Crippen LogP contribution is 2.41. The third-order valence-corrected chi connectivity index (χ3v) is 8.65. The van der Waals surface area contributed by atoms with E-state index >= 15 is 0 Å². The van der Waals surface area contributed by atoms with E-state index in [1.165, 1.54) is 4.88 Å². The average Bonchev–Trinajstić information content (AvgIpc) is 3.31. The normalized spacial score (nSPS) is 12.7. The molecular formula is C30H23Br2N3O2S. The zero-order valence-electron chi connectivity index (χ0n) is 20.3. The summed E-state index contributed by atoms with van der Waals surface area (Å²) in [6, 6.07) is 22.9. The summed E-state index contributed by atoms with van der Waals surface area (Å²) in [7, 11) is 0. The number of carbonyl (C=O) groups excluding carboxylic acids is 1. The quantitative estimate of drug-likeness (QED) is 0.204. The molecule has 190 valence electrons. The number of nitrogens with one attached hydrogen (secondary N) is 1. The van der Waals surface area contributed by atoms with E-state index in [0.717, 1.165) is 62.0 Å². The first kappa shape index (κ1) is 26.4. The second-order valence-electron chi connectivity index (χ2n) is 8.84. The van der Waals surface area contributed by atoms with E-state index in [0.29, 0.717) is 16.9 Å². The number of anilines is 1. The highest BCUT2D eigenvalue weighted by Gasteiger charge is 2.25. The predicted octanol–water partition coefficient (Wildman–Crippen LogP) is 8.61. The number of carbonyl (C=O) groups is 1. The molecule has 8 heteroatoms. The number of nitrogens with zero attached hydrogens (tertiary/aromatic N) is 2. The lowest BCUT2D eigenvalue weighted by molar-refractivity contribution is 0.102. The molecule has 4 aromatic rings. The zero-order valence-corrected chi connectivity index (χ0v) is 24.3. The van der Waals surface area contributed by atoms with Crippen LogP contribution in [-0.4, -0.2) is 12.1 Å². The van der Waals surface area contributed by atoms with E-state index in [4.69, 9.17) is 9.73 Å². The zero-order chi connectivity index (χ0) is 26.5. The Bertz CT molecular complexity index is 1530. The van der Waals surface area contributed by atoms with E-state index in [9.17, 15) is 10.1 Å². The van der Waals surface area contributed by atoms with Crippen LogP contribution in [0.5, 0.6) is 5.75 Å². The fraction of sp³-hybridized carbons (Fsp3) is 0.167. The SMILES string of the molecule is N#Cc1ccccc1COc1c(Br)cc(C=Nc2sc3c(c2C(=O)Nc2ccccc2)CCCC3)cc1Br. The van der Waals surface area contributed by atoms with Crippen LogP contribution in [0.25, 0.3) is 0 Å². The van der Waals surface area contributed by atoms with Crippen LogP contribution >= 0.6 is 43.2 Å². The fourth-order valence-electron chi connectivity index (χ4n) is 4.42. The van der Waals surface area contributed by atoms with Gasteiger partial charge >= 0.3 is 0 Å². The van der Waals surface area contributed by atoms with Crippen LogP contribution in [-0.2, 0) is 19.4 Å². The molecule has 5 rings (SSSR count). The summed E-state index contributed by atoms with van der Waals surface area (Å²) < 4.78 is 7.55. The molecule has 1 aromatic heterocycles. The molecule has 1 aliphatic rings. The van der Waals surface area contributed by atoms with E-state index in [2.05, 4.69) is 43.2 Å². The predicted molar refractivity (Wildman–Crippen MR) is 160 cm³/mol. The van der Waals surface area contributed by atoms with Crippen molar-refractivity contribution in [3.05, 3.63) is 108 Å². The number of thiophene rings is 1. The van der Waals surface area contributed by atoms with Gasteiger partial charge < -0.3 is 10.1 Å². The van der Waals surface area contributed by atoms with Crippen molar-refractivity contribution in [3.8, 4) is 11.8 Å². The highest BCUT2D eigenvalue weighted by molar-refractivity contribution is 9.11.